The number of aliphatic hydroxyl groups is 1. The summed E-state index contributed by atoms with van der Waals surface area (Å²) < 4.78 is 35.4. The quantitative estimate of drug-likeness (QED) is 0.0359. The van der Waals surface area contributed by atoms with Crippen molar-refractivity contribution in [1.29, 1.82) is 0 Å². The van der Waals surface area contributed by atoms with E-state index in [1.54, 1.807) is 12.1 Å². The Morgan fingerprint density at radius 1 is 0.621 bits per heavy atom. The second-order valence-electron chi connectivity index (χ2n) is 13.4. The van der Waals surface area contributed by atoms with Gasteiger partial charge in [0.1, 0.15) is 29.8 Å². The van der Waals surface area contributed by atoms with Gasteiger partial charge in [-0.1, -0.05) is 91.0 Å². The molecular weight excluding hydrogens is 741 g/mol. The Kier molecular flexibility index (Phi) is 15.8. The van der Waals surface area contributed by atoms with Crippen molar-refractivity contribution in [2.24, 2.45) is 4.99 Å². The Bertz CT molecular complexity index is 2220. The van der Waals surface area contributed by atoms with Gasteiger partial charge in [-0.3, -0.25) is 4.99 Å². The summed E-state index contributed by atoms with van der Waals surface area (Å²) in [6.45, 7) is 3.63. The molecule has 58 heavy (non-hydrogen) atoms. The van der Waals surface area contributed by atoms with Crippen molar-refractivity contribution in [3.05, 3.63) is 138 Å². The minimum Gasteiger partial charge on any atom is -0.504 e. The number of hydrogen-bond donors (Lipinski definition) is 5. The van der Waals surface area contributed by atoms with Crippen LogP contribution in [-0.2, 0) is 22.3 Å². The number of rotatable bonds is 23. The molecule has 0 unspecified atom stereocenters. The van der Waals surface area contributed by atoms with Gasteiger partial charge < -0.3 is 53.8 Å². The number of phenols is 3. The van der Waals surface area contributed by atoms with E-state index >= 15 is 0 Å². The maximum absolute atomic E-state index is 10.6. The summed E-state index contributed by atoms with van der Waals surface area (Å²) in [5, 5.41) is 45.0. The molecule has 0 saturated heterocycles. The Hall–Kier alpha value is -6.05. The molecule has 6 aromatic rings. The molecule has 304 valence electrons. The summed E-state index contributed by atoms with van der Waals surface area (Å²) in [5.74, 6) is 0.631. The lowest BCUT2D eigenvalue weighted by Crippen LogP contribution is -2.33. The van der Waals surface area contributed by atoms with Gasteiger partial charge in [0.05, 0.1) is 56.9 Å². The van der Waals surface area contributed by atoms with Crippen LogP contribution < -0.4 is 24.9 Å². The lowest BCUT2D eigenvalue weighted by atomic mass is 10.1. The zero-order valence-electron chi connectivity index (χ0n) is 32.3. The van der Waals surface area contributed by atoms with Crippen LogP contribution in [0.4, 0.5) is 0 Å². The molecule has 1 heterocycles. The first kappa shape index (κ1) is 41.6. The van der Waals surface area contributed by atoms with Gasteiger partial charge in [-0.2, -0.15) is 0 Å². The van der Waals surface area contributed by atoms with Crippen LogP contribution in [0, 0.1) is 0 Å². The van der Waals surface area contributed by atoms with Gasteiger partial charge in [0.15, 0.2) is 23.0 Å². The molecular formula is C46H50N2O10. The fourth-order valence-corrected chi connectivity index (χ4v) is 6.04. The Labute approximate surface area is 337 Å². The van der Waals surface area contributed by atoms with Crippen LogP contribution in [0.3, 0.4) is 0 Å². The van der Waals surface area contributed by atoms with Crippen LogP contribution in [0.2, 0.25) is 0 Å². The van der Waals surface area contributed by atoms with E-state index in [0.717, 1.165) is 18.4 Å². The minimum atomic E-state index is -0.743. The van der Waals surface area contributed by atoms with Crippen molar-refractivity contribution < 1.29 is 48.5 Å². The highest BCUT2D eigenvalue weighted by Crippen LogP contribution is 2.40. The molecule has 0 aliphatic heterocycles. The Balaban J connectivity index is 0.885. The standard InChI is InChI=1S/C46H50N2O10/c49-36(32-57-37-16-17-40(55-22-18-33-10-4-1-5-11-33)42(28-37)56-23-19-34-12-6-2-7-13-34)31-47-20-24-53-26-27-54-25-21-48-38-29-41(35-14-8-3-9-15-35)58-43-30-39(50)45(51)46(52)44(38)43/h1-17,28-30,36,47,49-52H,18-27,31-32H2/b48-38-/t36-/m1/s1. The van der Waals surface area contributed by atoms with Crippen molar-refractivity contribution in [3.8, 4) is 45.8 Å². The van der Waals surface area contributed by atoms with Crippen molar-refractivity contribution >= 4 is 11.0 Å². The SMILES string of the molecule is Oc1cc2oc(-c3ccccc3)c/c(=N/CCOCCOCCNC[C@@H](O)COc3ccc(OCCc4ccccc4)c(OCCc4ccccc4)c3)c2c(O)c1O. The van der Waals surface area contributed by atoms with E-state index < -0.39 is 23.4 Å². The van der Waals surface area contributed by atoms with Crippen LogP contribution in [0.25, 0.3) is 22.3 Å². The van der Waals surface area contributed by atoms with E-state index in [-0.39, 0.29) is 30.7 Å². The van der Waals surface area contributed by atoms with Crippen LogP contribution in [0.5, 0.6) is 34.5 Å². The molecule has 5 N–H and O–H groups in total. The molecule has 5 aromatic carbocycles. The van der Waals surface area contributed by atoms with E-state index in [1.165, 1.54) is 17.2 Å². The van der Waals surface area contributed by atoms with Crippen molar-refractivity contribution in [2.45, 2.75) is 18.9 Å². The summed E-state index contributed by atoms with van der Waals surface area (Å²) in [7, 11) is 0. The summed E-state index contributed by atoms with van der Waals surface area (Å²) >= 11 is 0. The summed E-state index contributed by atoms with van der Waals surface area (Å²) in [6.07, 6.45) is 0.780. The largest absolute Gasteiger partial charge is 0.504 e. The zero-order chi connectivity index (χ0) is 40.4. The van der Waals surface area contributed by atoms with Gasteiger partial charge in [0.25, 0.3) is 0 Å². The van der Waals surface area contributed by atoms with E-state index in [4.69, 9.17) is 28.1 Å². The third kappa shape index (κ3) is 12.5. The minimum absolute atomic E-state index is 0.0920. The first-order chi connectivity index (χ1) is 28.4. The van der Waals surface area contributed by atoms with Crippen LogP contribution in [0.1, 0.15) is 11.1 Å². The highest BCUT2D eigenvalue weighted by atomic mass is 16.5. The molecule has 0 fully saturated rings. The molecule has 0 radical (unpaired) electrons. The monoisotopic (exact) mass is 790 g/mol. The van der Waals surface area contributed by atoms with Gasteiger partial charge >= 0.3 is 0 Å². The molecule has 0 spiro atoms. The lowest BCUT2D eigenvalue weighted by Gasteiger charge is -2.17. The Morgan fingerprint density at radius 3 is 1.95 bits per heavy atom. The van der Waals surface area contributed by atoms with Crippen molar-refractivity contribution in [3.63, 3.8) is 0 Å². The van der Waals surface area contributed by atoms with Gasteiger partial charge in [-0.05, 0) is 23.3 Å². The number of ether oxygens (including phenoxy) is 5. The summed E-state index contributed by atoms with van der Waals surface area (Å²) in [5.41, 5.74) is 3.34. The highest BCUT2D eigenvalue weighted by Gasteiger charge is 2.17. The molecule has 0 amide bonds. The average Bonchev–Trinajstić information content (AvgIpc) is 3.25. The molecule has 1 atom stereocenters. The molecule has 0 aliphatic rings. The number of nitrogens with one attached hydrogen (secondary N) is 1. The second kappa shape index (κ2) is 22.0. The highest BCUT2D eigenvalue weighted by molar-refractivity contribution is 5.89. The van der Waals surface area contributed by atoms with Crippen LogP contribution >= 0.6 is 0 Å². The number of benzene rings is 5. The number of phenolic OH excluding ortho intramolecular Hbond substituents is 3. The molecule has 12 heteroatoms. The zero-order valence-corrected chi connectivity index (χ0v) is 32.3. The molecule has 12 nitrogen and oxygen atoms in total. The third-order valence-electron chi connectivity index (χ3n) is 9.05. The summed E-state index contributed by atoms with van der Waals surface area (Å²) in [4.78, 5) is 4.58. The fraction of sp³-hybridized carbons (Fsp3) is 0.283. The van der Waals surface area contributed by atoms with E-state index in [0.29, 0.717) is 74.5 Å². The van der Waals surface area contributed by atoms with Crippen LogP contribution in [-0.4, -0.2) is 92.4 Å². The molecule has 0 bridgehead atoms. The van der Waals surface area contributed by atoms with Crippen LogP contribution in [0.15, 0.2) is 131 Å². The topological polar surface area (TPSA) is 165 Å². The molecule has 6 rings (SSSR count). The number of aliphatic hydroxyl groups excluding tert-OH is 1. The van der Waals surface area contributed by atoms with Gasteiger partial charge in [0.2, 0.25) is 5.75 Å². The molecule has 0 aliphatic carbocycles. The lowest BCUT2D eigenvalue weighted by molar-refractivity contribution is 0.0498. The third-order valence-corrected chi connectivity index (χ3v) is 9.05. The van der Waals surface area contributed by atoms with Gasteiger partial charge in [0, 0.05) is 49.7 Å². The molecule has 1 aromatic heterocycles. The normalized spacial score (nSPS) is 12.1. The smallest absolute Gasteiger partial charge is 0.201 e. The first-order valence-corrected chi connectivity index (χ1v) is 19.4. The van der Waals surface area contributed by atoms with Gasteiger partial charge in [-0.25, -0.2) is 0 Å². The second-order valence-corrected chi connectivity index (χ2v) is 13.4. The number of hydrogen-bond acceptors (Lipinski definition) is 12. The van der Waals surface area contributed by atoms with E-state index in [1.807, 2.05) is 78.9 Å². The molecule has 0 saturated carbocycles. The van der Waals surface area contributed by atoms with Gasteiger partial charge in [-0.15, -0.1) is 0 Å². The van der Waals surface area contributed by atoms with E-state index in [9.17, 15) is 20.4 Å². The fourth-order valence-electron chi connectivity index (χ4n) is 6.04. The first-order valence-electron chi connectivity index (χ1n) is 19.4. The van der Waals surface area contributed by atoms with Crippen molar-refractivity contribution in [2.75, 3.05) is 65.9 Å². The average molecular weight is 791 g/mol. The number of nitrogens with zero attached hydrogens (tertiary/aromatic N) is 1. The maximum atomic E-state index is 10.6. The Morgan fingerprint density at radius 2 is 1.26 bits per heavy atom. The van der Waals surface area contributed by atoms with Crippen molar-refractivity contribution in [1.82, 2.24) is 5.32 Å². The predicted molar refractivity (Wildman–Crippen MR) is 221 cm³/mol. The predicted octanol–water partition coefficient (Wildman–Crippen LogP) is 6.42. The number of aromatic hydroxyl groups is 3. The summed E-state index contributed by atoms with van der Waals surface area (Å²) in [6, 6.07) is 38.1. The number of fused-ring (bicyclic) bond motifs is 1. The van der Waals surface area contributed by atoms with E-state index in [2.05, 4.69) is 34.6 Å². The maximum Gasteiger partial charge on any atom is 0.201 e.